The summed E-state index contributed by atoms with van der Waals surface area (Å²) in [5.74, 6) is 0. The van der Waals surface area contributed by atoms with Gasteiger partial charge in [-0.25, -0.2) is 0 Å². The Kier molecular flexibility index (Phi) is 5.48. The van der Waals surface area contributed by atoms with Crippen LogP contribution in [0.2, 0.25) is 10.0 Å². The van der Waals surface area contributed by atoms with Gasteiger partial charge in [0.25, 0.3) is 0 Å². The van der Waals surface area contributed by atoms with Crippen LogP contribution in [0.1, 0.15) is 30.9 Å². The molecule has 3 nitrogen and oxygen atoms in total. The monoisotopic (exact) mass is 303 g/mol. The molecule has 2 rings (SSSR count). The van der Waals surface area contributed by atoms with Crippen LogP contribution in [0, 0.1) is 0 Å². The van der Waals surface area contributed by atoms with Crippen LogP contribution >= 0.6 is 23.2 Å². The van der Waals surface area contributed by atoms with Gasteiger partial charge in [0.15, 0.2) is 0 Å². The summed E-state index contributed by atoms with van der Waals surface area (Å²) in [5, 5.41) is 20.7. The van der Waals surface area contributed by atoms with Gasteiger partial charge >= 0.3 is 0 Å². The fourth-order valence-corrected chi connectivity index (χ4v) is 3.13. The summed E-state index contributed by atoms with van der Waals surface area (Å²) in [4.78, 5) is 2.14. The molecule has 106 valence electrons. The predicted molar refractivity (Wildman–Crippen MR) is 77.7 cm³/mol. The number of likely N-dealkylation sites (tertiary alicyclic amines) is 1. The van der Waals surface area contributed by atoms with Crippen molar-refractivity contribution in [2.24, 2.45) is 0 Å². The third-order valence-corrected chi connectivity index (χ3v) is 4.25. The quantitative estimate of drug-likeness (QED) is 0.899. The van der Waals surface area contributed by atoms with Crippen LogP contribution in [0.5, 0.6) is 0 Å². The van der Waals surface area contributed by atoms with Crippen LogP contribution in [0.25, 0.3) is 0 Å². The fraction of sp³-hybridized carbons (Fsp3) is 0.571. The second-order valence-electron chi connectivity index (χ2n) is 5.01. The highest BCUT2D eigenvalue weighted by Gasteiger charge is 2.24. The molecular formula is C14H19Cl2NO2. The molecule has 1 aromatic carbocycles. The molecule has 1 unspecified atom stereocenters. The van der Waals surface area contributed by atoms with Gasteiger partial charge in [-0.15, -0.1) is 0 Å². The van der Waals surface area contributed by atoms with Gasteiger partial charge in [0.2, 0.25) is 0 Å². The molecule has 0 spiro atoms. The van der Waals surface area contributed by atoms with Gasteiger partial charge in [-0.2, -0.15) is 0 Å². The van der Waals surface area contributed by atoms with Crippen molar-refractivity contribution in [3.63, 3.8) is 0 Å². The molecular weight excluding hydrogens is 285 g/mol. The van der Waals surface area contributed by atoms with Gasteiger partial charge in [-0.1, -0.05) is 35.7 Å². The number of nitrogens with zero attached hydrogens (tertiary/aromatic N) is 1. The largest absolute Gasteiger partial charge is 0.395 e. The van der Waals surface area contributed by atoms with Crippen LogP contribution in [0.4, 0.5) is 0 Å². The van der Waals surface area contributed by atoms with Gasteiger partial charge in [0, 0.05) is 28.2 Å². The Hall–Kier alpha value is -0.320. The molecule has 1 fully saturated rings. The van der Waals surface area contributed by atoms with Crippen molar-refractivity contribution in [2.45, 2.75) is 31.4 Å². The number of piperidine rings is 1. The minimum absolute atomic E-state index is 0.140. The third-order valence-electron chi connectivity index (χ3n) is 3.69. The molecule has 0 saturated carbocycles. The van der Waals surface area contributed by atoms with E-state index in [2.05, 4.69) is 4.90 Å². The molecule has 0 aromatic heterocycles. The van der Waals surface area contributed by atoms with Crippen LogP contribution in [-0.2, 0) is 0 Å². The van der Waals surface area contributed by atoms with Crippen molar-refractivity contribution in [2.75, 3.05) is 19.7 Å². The Morgan fingerprint density at radius 2 is 2.11 bits per heavy atom. The number of aliphatic hydroxyl groups is 2. The number of hydrogen-bond donors (Lipinski definition) is 2. The minimum Gasteiger partial charge on any atom is -0.395 e. The number of β-amino-alcohol motifs (C(OH)–C–C–N with tert-alkyl or cyclic N) is 1. The Balaban J connectivity index is 2.05. The second-order valence-corrected chi connectivity index (χ2v) is 5.85. The Labute approximate surface area is 123 Å². The van der Waals surface area contributed by atoms with E-state index in [1.165, 1.54) is 0 Å². The Bertz CT molecular complexity index is 428. The normalized spacial score (nSPS) is 22.4. The van der Waals surface area contributed by atoms with Gasteiger partial charge in [0.1, 0.15) is 0 Å². The summed E-state index contributed by atoms with van der Waals surface area (Å²) in [6.07, 6.45) is 2.58. The molecule has 1 heterocycles. The highest BCUT2D eigenvalue weighted by atomic mass is 35.5. The smallest absolute Gasteiger partial charge is 0.0931 e. The van der Waals surface area contributed by atoms with E-state index in [1.807, 2.05) is 0 Å². The first-order chi connectivity index (χ1) is 9.11. The van der Waals surface area contributed by atoms with E-state index in [1.54, 1.807) is 18.2 Å². The van der Waals surface area contributed by atoms with E-state index >= 15 is 0 Å². The maximum Gasteiger partial charge on any atom is 0.0931 e. The second kappa shape index (κ2) is 6.91. The maximum atomic E-state index is 10.3. The number of halogens is 2. The zero-order valence-electron chi connectivity index (χ0n) is 10.7. The molecule has 1 aliphatic heterocycles. The van der Waals surface area contributed by atoms with E-state index in [-0.39, 0.29) is 12.6 Å². The van der Waals surface area contributed by atoms with Crippen molar-refractivity contribution < 1.29 is 10.2 Å². The summed E-state index contributed by atoms with van der Waals surface area (Å²) in [5.41, 5.74) is 0.688. The number of aliphatic hydroxyl groups excluding tert-OH is 2. The Morgan fingerprint density at radius 1 is 1.32 bits per heavy atom. The van der Waals surface area contributed by atoms with Crippen molar-refractivity contribution in [3.05, 3.63) is 33.8 Å². The summed E-state index contributed by atoms with van der Waals surface area (Å²) < 4.78 is 0. The van der Waals surface area contributed by atoms with E-state index in [4.69, 9.17) is 23.2 Å². The molecule has 0 amide bonds. The van der Waals surface area contributed by atoms with E-state index in [0.717, 1.165) is 25.8 Å². The molecule has 19 heavy (non-hydrogen) atoms. The van der Waals surface area contributed by atoms with Crippen molar-refractivity contribution >= 4 is 23.2 Å². The van der Waals surface area contributed by atoms with Gasteiger partial charge < -0.3 is 10.2 Å². The van der Waals surface area contributed by atoms with Crippen molar-refractivity contribution in [3.8, 4) is 0 Å². The highest BCUT2D eigenvalue weighted by Crippen LogP contribution is 2.28. The molecule has 1 aliphatic rings. The summed E-state index contributed by atoms with van der Waals surface area (Å²) >= 11 is 11.9. The number of rotatable bonds is 4. The fourth-order valence-electron chi connectivity index (χ4n) is 2.60. The maximum absolute atomic E-state index is 10.3. The lowest BCUT2D eigenvalue weighted by atomic mass is 10.0. The van der Waals surface area contributed by atoms with Gasteiger partial charge in [-0.3, -0.25) is 4.90 Å². The van der Waals surface area contributed by atoms with Crippen molar-refractivity contribution in [1.82, 2.24) is 4.90 Å². The van der Waals surface area contributed by atoms with Crippen LogP contribution in [0.15, 0.2) is 18.2 Å². The molecule has 1 aromatic rings. The Morgan fingerprint density at radius 3 is 2.79 bits per heavy atom. The molecule has 5 heteroatoms. The first kappa shape index (κ1) is 15.1. The summed E-state index contributed by atoms with van der Waals surface area (Å²) in [7, 11) is 0. The topological polar surface area (TPSA) is 43.7 Å². The lowest BCUT2D eigenvalue weighted by Crippen LogP contribution is -2.43. The van der Waals surface area contributed by atoms with E-state index in [0.29, 0.717) is 22.2 Å². The van der Waals surface area contributed by atoms with Crippen LogP contribution in [-0.4, -0.2) is 40.9 Å². The first-order valence-electron chi connectivity index (χ1n) is 6.59. The van der Waals surface area contributed by atoms with Gasteiger partial charge in [-0.05, 0) is 31.5 Å². The standard InChI is InChI=1S/C14H19Cl2NO2/c15-10-4-5-12(13(16)7-10)14(19)8-17-6-2-1-3-11(17)9-18/h4-5,7,11,14,18-19H,1-3,6,8-9H2/t11-,14?/m1/s1. The molecule has 0 radical (unpaired) electrons. The van der Waals surface area contributed by atoms with E-state index < -0.39 is 6.10 Å². The lowest BCUT2D eigenvalue weighted by Gasteiger charge is -2.36. The average molecular weight is 304 g/mol. The predicted octanol–water partition coefficient (Wildman–Crippen LogP) is 2.87. The van der Waals surface area contributed by atoms with Crippen LogP contribution in [0.3, 0.4) is 0 Å². The van der Waals surface area contributed by atoms with Crippen LogP contribution < -0.4 is 0 Å². The molecule has 0 aliphatic carbocycles. The number of hydrogen-bond acceptors (Lipinski definition) is 3. The van der Waals surface area contributed by atoms with Crippen molar-refractivity contribution in [1.29, 1.82) is 0 Å². The molecule has 1 saturated heterocycles. The number of benzene rings is 1. The average Bonchev–Trinajstić information content (AvgIpc) is 2.39. The summed E-state index contributed by atoms with van der Waals surface area (Å²) in [6.45, 7) is 1.54. The molecule has 0 bridgehead atoms. The first-order valence-corrected chi connectivity index (χ1v) is 7.35. The third kappa shape index (κ3) is 3.83. The highest BCUT2D eigenvalue weighted by molar-refractivity contribution is 6.35. The van der Waals surface area contributed by atoms with E-state index in [9.17, 15) is 10.2 Å². The zero-order valence-corrected chi connectivity index (χ0v) is 12.2. The summed E-state index contributed by atoms with van der Waals surface area (Å²) in [6, 6.07) is 5.27. The van der Waals surface area contributed by atoms with Gasteiger partial charge in [0.05, 0.1) is 12.7 Å². The zero-order chi connectivity index (χ0) is 13.8. The molecule has 2 N–H and O–H groups in total. The minimum atomic E-state index is -0.656. The SMILES string of the molecule is OC[C@H]1CCCCN1CC(O)c1ccc(Cl)cc1Cl. The molecule has 2 atom stereocenters. The lowest BCUT2D eigenvalue weighted by molar-refractivity contribution is 0.0417.